The number of rotatable bonds is 7. The highest BCUT2D eigenvalue weighted by Gasteiger charge is 2.33. The minimum absolute atomic E-state index is 0. The number of likely N-dealkylation sites (tertiary alicyclic amines) is 1. The fraction of sp³-hybridized carbons (Fsp3) is 0.480. The zero-order valence-corrected chi connectivity index (χ0v) is 20.4. The Morgan fingerprint density at radius 1 is 1.06 bits per heavy atom. The molecule has 1 saturated heterocycles. The molecule has 2 aromatic carbocycles. The van der Waals surface area contributed by atoms with E-state index < -0.39 is 0 Å². The third kappa shape index (κ3) is 5.21. The van der Waals surface area contributed by atoms with E-state index in [9.17, 15) is 4.79 Å². The zero-order chi connectivity index (χ0) is 21.1. The highest BCUT2D eigenvalue weighted by molar-refractivity contribution is 7.99. The first-order valence-corrected chi connectivity index (χ1v) is 12.1. The number of carbonyl (C=O) groups excluding carboxylic acids is 1. The summed E-state index contributed by atoms with van der Waals surface area (Å²) in [5.41, 5.74) is 3.17. The van der Waals surface area contributed by atoms with Gasteiger partial charge in [0.05, 0.1) is 17.5 Å². The Morgan fingerprint density at radius 3 is 2.48 bits per heavy atom. The van der Waals surface area contributed by atoms with E-state index in [0.29, 0.717) is 12.1 Å². The SMILES string of the molecule is CCC(N1CCCC1)N1c2ccccc2Sc2ccc(C(=O)NCCC(C)C)cc21.Cl. The molecular formula is C25H34ClN3OS. The molecule has 0 spiro atoms. The van der Waals surface area contributed by atoms with E-state index in [-0.39, 0.29) is 18.3 Å². The van der Waals surface area contributed by atoms with Crippen LogP contribution in [0.3, 0.4) is 0 Å². The van der Waals surface area contributed by atoms with Gasteiger partial charge in [0.25, 0.3) is 5.91 Å². The van der Waals surface area contributed by atoms with Crippen LogP contribution in [0, 0.1) is 5.92 Å². The van der Waals surface area contributed by atoms with E-state index in [1.807, 2.05) is 6.07 Å². The predicted molar refractivity (Wildman–Crippen MR) is 133 cm³/mol. The molecule has 2 aliphatic rings. The molecule has 6 heteroatoms. The summed E-state index contributed by atoms with van der Waals surface area (Å²) in [6.07, 6.45) is 4.90. The Bertz CT molecular complexity index is 898. The van der Waals surface area contributed by atoms with Gasteiger partial charge in [-0.1, -0.05) is 44.7 Å². The fourth-order valence-corrected chi connectivity index (χ4v) is 5.52. The number of nitrogens with one attached hydrogen (secondary N) is 1. The summed E-state index contributed by atoms with van der Waals surface area (Å²) in [6.45, 7) is 9.65. The number of fused-ring (bicyclic) bond motifs is 2. The van der Waals surface area contributed by atoms with Crippen molar-refractivity contribution in [3.05, 3.63) is 48.0 Å². The monoisotopic (exact) mass is 459 g/mol. The quantitative estimate of drug-likeness (QED) is 0.525. The average Bonchev–Trinajstić information content (AvgIpc) is 3.27. The number of carbonyl (C=O) groups is 1. The first-order chi connectivity index (χ1) is 14.6. The van der Waals surface area contributed by atoms with Crippen molar-refractivity contribution in [2.45, 2.75) is 62.4 Å². The van der Waals surface area contributed by atoms with E-state index in [4.69, 9.17) is 0 Å². The predicted octanol–water partition coefficient (Wildman–Crippen LogP) is 6.32. The number of anilines is 2. The van der Waals surface area contributed by atoms with Crippen LogP contribution in [-0.2, 0) is 0 Å². The largest absolute Gasteiger partial charge is 0.352 e. The molecule has 2 aromatic rings. The van der Waals surface area contributed by atoms with Crippen molar-refractivity contribution in [3.63, 3.8) is 0 Å². The second-order valence-corrected chi connectivity index (χ2v) is 9.78. The Balaban J connectivity index is 0.00000272. The van der Waals surface area contributed by atoms with Crippen molar-refractivity contribution >= 4 is 41.5 Å². The van der Waals surface area contributed by atoms with Crippen LogP contribution in [0.1, 0.15) is 56.8 Å². The highest BCUT2D eigenvalue weighted by atomic mass is 35.5. The molecular weight excluding hydrogens is 426 g/mol. The Hall–Kier alpha value is -1.69. The van der Waals surface area contributed by atoms with Gasteiger partial charge in [-0.05, 0) is 61.9 Å². The minimum atomic E-state index is 0. The van der Waals surface area contributed by atoms with Gasteiger partial charge in [0.15, 0.2) is 0 Å². The molecule has 168 valence electrons. The fourth-order valence-electron chi connectivity index (χ4n) is 4.47. The van der Waals surface area contributed by atoms with Gasteiger partial charge in [0.1, 0.15) is 0 Å². The molecule has 4 rings (SSSR count). The first kappa shape index (κ1) is 24.0. The number of halogens is 1. The molecule has 0 aliphatic carbocycles. The molecule has 0 bridgehead atoms. The van der Waals surface area contributed by atoms with Crippen LogP contribution < -0.4 is 10.2 Å². The van der Waals surface area contributed by atoms with Crippen LogP contribution in [-0.4, -0.2) is 36.6 Å². The smallest absolute Gasteiger partial charge is 0.251 e. The maximum absolute atomic E-state index is 12.8. The van der Waals surface area contributed by atoms with Crippen LogP contribution in [0.15, 0.2) is 52.3 Å². The van der Waals surface area contributed by atoms with Crippen molar-refractivity contribution in [1.29, 1.82) is 0 Å². The maximum Gasteiger partial charge on any atom is 0.251 e. The summed E-state index contributed by atoms with van der Waals surface area (Å²) in [7, 11) is 0. The third-order valence-electron chi connectivity index (χ3n) is 6.06. The molecule has 1 atom stereocenters. The van der Waals surface area contributed by atoms with E-state index >= 15 is 0 Å². The summed E-state index contributed by atoms with van der Waals surface area (Å²) < 4.78 is 0. The first-order valence-electron chi connectivity index (χ1n) is 11.3. The normalized spacial score (nSPS) is 16.5. The molecule has 31 heavy (non-hydrogen) atoms. The van der Waals surface area contributed by atoms with E-state index in [1.165, 1.54) is 28.3 Å². The summed E-state index contributed by atoms with van der Waals surface area (Å²) >= 11 is 1.81. The van der Waals surface area contributed by atoms with Crippen molar-refractivity contribution in [3.8, 4) is 0 Å². The number of nitrogens with zero attached hydrogens (tertiary/aromatic N) is 2. The van der Waals surface area contributed by atoms with Gasteiger partial charge in [-0.3, -0.25) is 9.69 Å². The molecule has 1 unspecified atom stereocenters. The number of hydrogen-bond donors (Lipinski definition) is 1. The summed E-state index contributed by atoms with van der Waals surface area (Å²) in [5, 5.41) is 3.09. The summed E-state index contributed by atoms with van der Waals surface area (Å²) in [5.74, 6) is 0.611. The van der Waals surface area contributed by atoms with Crippen LogP contribution in [0.25, 0.3) is 0 Å². The summed E-state index contributed by atoms with van der Waals surface area (Å²) in [6, 6.07) is 14.9. The van der Waals surface area contributed by atoms with Crippen molar-refractivity contribution < 1.29 is 4.79 Å². The molecule has 2 aliphatic heterocycles. The van der Waals surface area contributed by atoms with Crippen LogP contribution >= 0.6 is 24.2 Å². The summed E-state index contributed by atoms with van der Waals surface area (Å²) in [4.78, 5) is 20.4. The Morgan fingerprint density at radius 2 is 1.77 bits per heavy atom. The average molecular weight is 460 g/mol. The lowest BCUT2D eigenvalue weighted by Gasteiger charge is -2.42. The van der Waals surface area contributed by atoms with Crippen molar-refractivity contribution in [1.82, 2.24) is 10.2 Å². The number of amides is 1. The second-order valence-electron chi connectivity index (χ2n) is 8.69. The van der Waals surface area contributed by atoms with Gasteiger partial charge >= 0.3 is 0 Å². The lowest BCUT2D eigenvalue weighted by atomic mass is 10.1. The Labute approximate surface area is 197 Å². The molecule has 0 radical (unpaired) electrons. The van der Waals surface area contributed by atoms with Crippen LogP contribution in [0.2, 0.25) is 0 Å². The molecule has 1 amide bonds. The van der Waals surface area contributed by atoms with E-state index in [0.717, 1.165) is 43.7 Å². The molecule has 1 fully saturated rings. The molecule has 4 nitrogen and oxygen atoms in total. The molecule has 0 saturated carbocycles. The molecule has 1 N–H and O–H groups in total. The second kappa shape index (κ2) is 10.8. The van der Waals surface area contributed by atoms with Gasteiger partial charge < -0.3 is 10.2 Å². The Kier molecular flexibility index (Phi) is 8.31. The number of benzene rings is 2. The standard InChI is InChI=1S/C25H33N3OS.ClH/c1-4-24(27-15-7-8-16-27)28-20-9-5-6-10-22(20)30-23-12-11-19(17-21(23)28)25(29)26-14-13-18(2)3;/h5-6,9-12,17-18,24H,4,7-8,13-16H2,1-3H3,(H,26,29);1H. The highest BCUT2D eigenvalue weighted by Crippen LogP contribution is 2.50. The molecule has 0 aromatic heterocycles. The van der Waals surface area contributed by atoms with Crippen molar-refractivity contribution in [2.24, 2.45) is 5.92 Å². The lowest BCUT2D eigenvalue weighted by molar-refractivity contribution is 0.0952. The van der Waals surface area contributed by atoms with Gasteiger partial charge in [-0.15, -0.1) is 12.4 Å². The third-order valence-corrected chi connectivity index (χ3v) is 7.19. The maximum atomic E-state index is 12.8. The number of hydrogen-bond acceptors (Lipinski definition) is 4. The van der Waals surface area contributed by atoms with Crippen LogP contribution in [0.4, 0.5) is 11.4 Å². The zero-order valence-electron chi connectivity index (χ0n) is 18.8. The van der Waals surface area contributed by atoms with Gasteiger partial charge in [0.2, 0.25) is 0 Å². The minimum Gasteiger partial charge on any atom is -0.352 e. The van der Waals surface area contributed by atoms with Gasteiger partial charge in [-0.2, -0.15) is 0 Å². The van der Waals surface area contributed by atoms with Gasteiger partial charge in [0, 0.05) is 35.0 Å². The molecule has 2 heterocycles. The van der Waals surface area contributed by atoms with Crippen molar-refractivity contribution in [2.75, 3.05) is 24.5 Å². The van der Waals surface area contributed by atoms with Crippen LogP contribution in [0.5, 0.6) is 0 Å². The number of para-hydroxylation sites is 1. The van der Waals surface area contributed by atoms with E-state index in [2.05, 4.69) is 72.3 Å². The van der Waals surface area contributed by atoms with E-state index in [1.54, 1.807) is 11.8 Å². The topological polar surface area (TPSA) is 35.6 Å². The van der Waals surface area contributed by atoms with Gasteiger partial charge in [-0.25, -0.2) is 0 Å². The lowest BCUT2D eigenvalue weighted by Crippen LogP contribution is -2.45.